The molecule has 0 unspecified atom stereocenters. The second kappa shape index (κ2) is 7.23. The van der Waals surface area contributed by atoms with Crippen LogP contribution in [0.3, 0.4) is 0 Å². The van der Waals surface area contributed by atoms with Crippen molar-refractivity contribution in [3.05, 3.63) is 46.3 Å². The van der Waals surface area contributed by atoms with Gasteiger partial charge in [-0.25, -0.2) is 0 Å². The summed E-state index contributed by atoms with van der Waals surface area (Å²) in [5.41, 5.74) is 2.59. The minimum Gasteiger partial charge on any atom is -0.469 e. The van der Waals surface area contributed by atoms with Gasteiger partial charge in [0.15, 0.2) is 0 Å². The van der Waals surface area contributed by atoms with Crippen molar-refractivity contribution in [3.63, 3.8) is 0 Å². The van der Waals surface area contributed by atoms with Crippen molar-refractivity contribution in [2.75, 3.05) is 11.1 Å². The molecule has 3 rings (SSSR count). The van der Waals surface area contributed by atoms with Gasteiger partial charge < -0.3 is 14.2 Å². The second-order valence-corrected chi connectivity index (χ2v) is 6.86. The molecule has 0 atom stereocenters. The first-order valence-corrected chi connectivity index (χ1v) is 8.87. The Hall–Kier alpha value is -2.06. The van der Waals surface area contributed by atoms with Gasteiger partial charge in [0.25, 0.3) is 11.1 Å². The number of carbonyl (C=O) groups excluding carboxylic acids is 1. The lowest BCUT2D eigenvalue weighted by molar-refractivity contribution is -0.113. The Balaban J connectivity index is 1.59. The predicted molar refractivity (Wildman–Crippen MR) is 95.0 cm³/mol. The van der Waals surface area contributed by atoms with Crippen LogP contribution < -0.4 is 5.32 Å². The highest BCUT2D eigenvalue weighted by atomic mass is 79.9. The van der Waals surface area contributed by atoms with Gasteiger partial charge in [-0.15, -0.1) is 10.2 Å². The van der Waals surface area contributed by atoms with Crippen molar-refractivity contribution >= 4 is 39.3 Å². The molecule has 24 heavy (non-hydrogen) atoms. The number of carbonyl (C=O) groups is 1. The number of furan rings is 1. The van der Waals surface area contributed by atoms with Crippen LogP contribution in [-0.2, 0) is 4.79 Å². The zero-order valence-corrected chi connectivity index (χ0v) is 15.4. The van der Waals surface area contributed by atoms with Crippen LogP contribution >= 0.6 is 27.7 Å². The molecule has 1 aromatic carbocycles. The first-order chi connectivity index (χ1) is 11.5. The molecular weight excluding hydrogens is 394 g/mol. The van der Waals surface area contributed by atoms with Crippen molar-refractivity contribution in [3.8, 4) is 11.5 Å². The molecule has 0 aliphatic rings. The third-order valence-electron chi connectivity index (χ3n) is 3.22. The summed E-state index contributed by atoms with van der Waals surface area (Å²) in [7, 11) is 0. The maximum Gasteiger partial charge on any atom is 0.277 e. The first-order valence-electron chi connectivity index (χ1n) is 7.09. The summed E-state index contributed by atoms with van der Waals surface area (Å²) < 4.78 is 11.6. The third-order valence-corrected chi connectivity index (χ3v) is 4.70. The van der Waals surface area contributed by atoms with Crippen LogP contribution in [-0.4, -0.2) is 21.9 Å². The molecule has 0 radical (unpaired) electrons. The number of nitrogens with zero attached hydrogens (tertiary/aromatic N) is 2. The van der Waals surface area contributed by atoms with E-state index in [1.807, 2.05) is 32.0 Å². The molecule has 0 spiro atoms. The Morgan fingerprint density at radius 3 is 2.83 bits per heavy atom. The highest BCUT2D eigenvalue weighted by molar-refractivity contribution is 9.10. The molecule has 0 saturated carbocycles. The lowest BCUT2D eigenvalue weighted by Crippen LogP contribution is -2.14. The monoisotopic (exact) mass is 407 g/mol. The Bertz CT molecular complexity index is 875. The fourth-order valence-corrected chi connectivity index (χ4v) is 3.17. The van der Waals surface area contributed by atoms with Crippen molar-refractivity contribution in [2.24, 2.45) is 0 Å². The van der Waals surface area contributed by atoms with Crippen LogP contribution in [0.25, 0.3) is 11.5 Å². The molecule has 0 fully saturated rings. The highest BCUT2D eigenvalue weighted by Gasteiger charge is 2.14. The van der Waals surface area contributed by atoms with E-state index in [9.17, 15) is 4.79 Å². The Morgan fingerprint density at radius 2 is 2.12 bits per heavy atom. The van der Waals surface area contributed by atoms with Crippen LogP contribution in [0.4, 0.5) is 5.69 Å². The summed E-state index contributed by atoms with van der Waals surface area (Å²) in [6, 6.07) is 7.50. The van der Waals surface area contributed by atoms with E-state index in [-0.39, 0.29) is 11.7 Å². The van der Waals surface area contributed by atoms with Crippen molar-refractivity contribution in [2.45, 2.75) is 19.1 Å². The van der Waals surface area contributed by atoms with Gasteiger partial charge in [-0.05, 0) is 53.5 Å². The molecule has 1 amide bonds. The van der Waals surface area contributed by atoms with Gasteiger partial charge in [0.2, 0.25) is 5.91 Å². The normalized spacial score (nSPS) is 10.8. The SMILES string of the molecule is Cc1ccc(NC(=O)CSc2nnc(-c3ccoc3C)o2)c(Br)c1. The molecule has 0 aliphatic heterocycles. The number of nitrogens with one attached hydrogen (secondary N) is 1. The van der Waals surface area contributed by atoms with E-state index in [2.05, 4.69) is 31.4 Å². The van der Waals surface area contributed by atoms with Crippen LogP contribution in [0.1, 0.15) is 11.3 Å². The summed E-state index contributed by atoms with van der Waals surface area (Å²) >= 11 is 4.61. The zero-order chi connectivity index (χ0) is 17.1. The minimum atomic E-state index is -0.149. The van der Waals surface area contributed by atoms with Gasteiger partial charge in [-0.3, -0.25) is 4.79 Å². The number of aromatic nitrogens is 2. The topological polar surface area (TPSA) is 81.2 Å². The van der Waals surface area contributed by atoms with Gasteiger partial charge in [-0.2, -0.15) is 0 Å². The molecule has 1 N–H and O–H groups in total. The lowest BCUT2D eigenvalue weighted by Gasteiger charge is -2.07. The van der Waals surface area contributed by atoms with Crippen LogP contribution in [0.15, 0.2) is 49.1 Å². The van der Waals surface area contributed by atoms with E-state index in [4.69, 9.17) is 8.83 Å². The average molecular weight is 408 g/mol. The maximum absolute atomic E-state index is 12.1. The number of hydrogen-bond acceptors (Lipinski definition) is 6. The largest absolute Gasteiger partial charge is 0.469 e. The zero-order valence-electron chi connectivity index (χ0n) is 13.0. The van der Waals surface area contributed by atoms with E-state index >= 15 is 0 Å². The smallest absolute Gasteiger partial charge is 0.277 e. The molecule has 8 heteroatoms. The van der Waals surface area contributed by atoms with Crippen molar-refractivity contribution in [1.29, 1.82) is 0 Å². The van der Waals surface area contributed by atoms with E-state index in [1.54, 1.807) is 12.3 Å². The standard InChI is InChI=1S/C16H14BrN3O3S/c1-9-3-4-13(12(17)7-9)18-14(21)8-24-16-20-19-15(23-16)11-5-6-22-10(11)2/h3-7H,8H2,1-2H3,(H,18,21). The highest BCUT2D eigenvalue weighted by Crippen LogP contribution is 2.27. The third kappa shape index (κ3) is 3.88. The predicted octanol–water partition coefficient (Wildman–Crippen LogP) is 4.44. The molecule has 0 saturated heterocycles. The van der Waals surface area contributed by atoms with E-state index < -0.39 is 0 Å². The molecule has 6 nitrogen and oxygen atoms in total. The molecule has 0 bridgehead atoms. The van der Waals surface area contributed by atoms with Gasteiger partial charge in [-0.1, -0.05) is 17.8 Å². The Kier molecular flexibility index (Phi) is 5.06. The van der Waals surface area contributed by atoms with Crippen LogP contribution in [0, 0.1) is 13.8 Å². The van der Waals surface area contributed by atoms with Crippen molar-refractivity contribution in [1.82, 2.24) is 10.2 Å². The van der Waals surface area contributed by atoms with E-state index in [0.29, 0.717) is 16.9 Å². The van der Waals surface area contributed by atoms with Gasteiger partial charge in [0.05, 0.1) is 23.3 Å². The summed E-state index contributed by atoms with van der Waals surface area (Å²) in [6.07, 6.45) is 1.56. The molecule has 2 aromatic heterocycles. The number of rotatable bonds is 5. The molecule has 2 heterocycles. The van der Waals surface area contributed by atoms with Gasteiger partial charge >= 0.3 is 0 Å². The molecular formula is C16H14BrN3O3S. The summed E-state index contributed by atoms with van der Waals surface area (Å²) in [4.78, 5) is 12.1. The van der Waals surface area contributed by atoms with Crippen LogP contribution in [0.2, 0.25) is 0 Å². The first kappa shape index (κ1) is 16.8. The summed E-state index contributed by atoms with van der Waals surface area (Å²) in [5.74, 6) is 1.11. The van der Waals surface area contributed by atoms with E-state index in [1.165, 1.54) is 11.8 Å². The number of benzene rings is 1. The molecule has 0 aliphatic carbocycles. The quantitative estimate of drug-likeness (QED) is 0.629. The summed E-state index contributed by atoms with van der Waals surface area (Å²) in [6.45, 7) is 3.81. The van der Waals surface area contributed by atoms with Gasteiger partial charge in [0.1, 0.15) is 5.76 Å². The maximum atomic E-state index is 12.1. The second-order valence-electron chi connectivity index (χ2n) is 5.08. The number of amides is 1. The fourth-order valence-electron chi connectivity index (χ4n) is 2.02. The number of anilines is 1. The molecule has 124 valence electrons. The molecule has 3 aromatic rings. The van der Waals surface area contributed by atoms with Gasteiger partial charge in [0, 0.05) is 4.47 Å². The Morgan fingerprint density at radius 1 is 1.29 bits per heavy atom. The minimum absolute atomic E-state index is 0.149. The van der Waals surface area contributed by atoms with Crippen molar-refractivity contribution < 1.29 is 13.6 Å². The average Bonchev–Trinajstić information content (AvgIpc) is 3.16. The van der Waals surface area contributed by atoms with Crippen LogP contribution in [0.5, 0.6) is 0 Å². The number of aryl methyl sites for hydroxylation is 2. The number of hydrogen-bond donors (Lipinski definition) is 1. The van der Waals surface area contributed by atoms with E-state index in [0.717, 1.165) is 21.3 Å². The number of halogens is 1. The fraction of sp³-hybridized carbons (Fsp3) is 0.188. The Labute approximate surface area is 151 Å². The lowest BCUT2D eigenvalue weighted by atomic mass is 10.2. The number of thioether (sulfide) groups is 1. The summed E-state index contributed by atoms with van der Waals surface area (Å²) in [5, 5.41) is 11.1.